The highest BCUT2D eigenvalue weighted by Crippen LogP contribution is 2.30. The van der Waals surface area contributed by atoms with E-state index in [0.29, 0.717) is 18.1 Å². The van der Waals surface area contributed by atoms with Gasteiger partial charge in [-0.05, 0) is 36.4 Å². The Morgan fingerprint density at radius 1 is 1.35 bits per heavy atom. The van der Waals surface area contributed by atoms with Crippen molar-refractivity contribution in [2.75, 3.05) is 30.4 Å². The van der Waals surface area contributed by atoms with Crippen LogP contribution in [0.4, 0.5) is 11.6 Å². The Morgan fingerprint density at radius 3 is 3.15 bits per heavy atom. The van der Waals surface area contributed by atoms with E-state index in [4.69, 9.17) is 4.74 Å². The van der Waals surface area contributed by atoms with Crippen molar-refractivity contribution in [3.05, 3.63) is 36.1 Å². The summed E-state index contributed by atoms with van der Waals surface area (Å²) in [4.78, 5) is 28.9. The lowest BCUT2D eigenvalue weighted by atomic mass is 9.97. The number of methoxy groups -OCH3 is 1. The Hall–Kier alpha value is -2.74. The van der Waals surface area contributed by atoms with E-state index in [1.165, 1.54) is 0 Å². The first-order chi connectivity index (χ1) is 12.8. The predicted octanol–water partition coefficient (Wildman–Crippen LogP) is 2.95. The van der Waals surface area contributed by atoms with E-state index in [0.717, 1.165) is 35.4 Å². The zero-order valence-electron chi connectivity index (χ0n) is 14.4. The van der Waals surface area contributed by atoms with Crippen LogP contribution in [-0.2, 0) is 4.79 Å². The number of fused-ring (bicyclic) bond motifs is 1. The number of ether oxygens (including phenoxy) is 1. The number of nitrogens with zero attached hydrogens (tertiary/aromatic N) is 4. The lowest BCUT2D eigenvalue weighted by Gasteiger charge is -2.33. The molecule has 3 aromatic heterocycles. The highest BCUT2D eigenvalue weighted by Gasteiger charge is 2.28. The first-order valence-electron chi connectivity index (χ1n) is 8.49. The van der Waals surface area contributed by atoms with Crippen LogP contribution in [0.3, 0.4) is 0 Å². The van der Waals surface area contributed by atoms with Crippen molar-refractivity contribution in [1.29, 1.82) is 0 Å². The monoisotopic (exact) mass is 369 g/mol. The largest absolute Gasteiger partial charge is 0.493 e. The number of anilines is 2. The summed E-state index contributed by atoms with van der Waals surface area (Å²) in [5.74, 6) is 1.76. The number of hydrogen-bond acceptors (Lipinski definition) is 7. The lowest BCUT2D eigenvalue weighted by molar-refractivity contribution is -0.120. The Morgan fingerprint density at radius 2 is 2.27 bits per heavy atom. The zero-order chi connectivity index (χ0) is 17.9. The highest BCUT2D eigenvalue weighted by atomic mass is 32.1. The number of thiophene rings is 1. The third kappa shape index (κ3) is 3.20. The molecule has 1 saturated heterocycles. The number of nitrogens with one attached hydrogen (secondary N) is 1. The van der Waals surface area contributed by atoms with Gasteiger partial charge in [0.05, 0.1) is 18.4 Å². The van der Waals surface area contributed by atoms with Crippen LogP contribution in [0.1, 0.15) is 12.8 Å². The minimum atomic E-state index is -0.126. The molecule has 1 aliphatic heterocycles. The maximum absolute atomic E-state index is 12.8. The van der Waals surface area contributed by atoms with E-state index in [2.05, 4.69) is 25.2 Å². The van der Waals surface area contributed by atoms with E-state index >= 15 is 0 Å². The molecule has 1 aliphatic rings. The normalized spacial score (nSPS) is 17.3. The second kappa shape index (κ2) is 7.25. The van der Waals surface area contributed by atoms with E-state index < -0.39 is 0 Å². The molecule has 1 fully saturated rings. The van der Waals surface area contributed by atoms with Crippen LogP contribution in [0.15, 0.2) is 36.1 Å². The van der Waals surface area contributed by atoms with Crippen molar-refractivity contribution in [3.63, 3.8) is 0 Å². The standard InChI is InChI=1S/C18H19N5O2S/c1-25-14-5-2-7-19-15(14)22-17(24)12-4-3-8-23(10-12)16-13-6-9-26-18(13)21-11-20-16/h2,5-7,9,11-12H,3-4,8,10H2,1H3,(H,19,22,24). The number of hydrogen-bond donors (Lipinski definition) is 1. The van der Waals surface area contributed by atoms with Gasteiger partial charge in [0, 0.05) is 19.3 Å². The van der Waals surface area contributed by atoms with Crippen LogP contribution in [0.25, 0.3) is 10.2 Å². The van der Waals surface area contributed by atoms with Gasteiger partial charge in [0.1, 0.15) is 17.0 Å². The summed E-state index contributed by atoms with van der Waals surface area (Å²) in [5.41, 5.74) is 0. The number of aromatic nitrogens is 3. The molecule has 0 spiro atoms. The Balaban J connectivity index is 1.51. The molecule has 8 heteroatoms. The molecule has 0 aromatic carbocycles. The molecule has 3 aromatic rings. The number of pyridine rings is 1. The fourth-order valence-electron chi connectivity index (χ4n) is 3.28. The van der Waals surface area contributed by atoms with Crippen molar-refractivity contribution in [3.8, 4) is 5.75 Å². The van der Waals surface area contributed by atoms with Crippen molar-refractivity contribution >= 4 is 39.1 Å². The summed E-state index contributed by atoms with van der Waals surface area (Å²) in [6.45, 7) is 1.52. The van der Waals surface area contributed by atoms with Gasteiger partial charge >= 0.3 is 0 Å². The average Bonchev–Trinajstić information content (AvgIpc) is 3.17. The summed E-state index contributed by atoms with van der Waals surface area (Å²) < 4.78 is 5.26. The third-order valence-corrected chi connectivity index (χ3v) is 5.39. The summed E-state index contributed by atoms with van der Waals surface area (Å²) in [5, 5.41) is 5.97. The van der Waals surface area contributed by atoms with Gasteiger partial charge in [0.2, 0.25) is 5.91 Å². The molecule has 0 bridgehead atoms. The van der Waals surface area contributed by atoms with Crippen LogP contribution in [0, 0.1) is 5.92 Å². The highest BCUT2D eigenvalue weighted by molar-refractivity contribution is 7.16. The number of carbonyl (C=O) groups is 1. The second-order valence-electron chi connectivity index (χ2n) is 6.17. The molecule has 134 valence electrons. The SMILES string of the molecule is COc1cccnc1NC(=O)C1CCCN(c2ncnc3sccc23)C1. The van der Waals surface area contributed by atoms with Crippen LogP contribution in [0.2, 0.25) is 0 Å². The van der Waals surface area contributed by atoms with Gasteiger partial charge in [-0.2, -0.15) is 0 Å². The molecular formula is C18H19N5O2S. The van der Waals surface area contributed by atoms with Gasteiger partial charge in [0.15, 0.2) is 11.6 Å². The molecule has 0 saturated carbocycles. The summed E-state index contributed by atoms with van der Waals surface area (Å²) in [7, 11) is 1.57. The molecule has 4 rings (SSSR count). The summed E-state index contributed by atoms with van der Waals surface area (Å²) in [6, 6.07) is 5.60. The Kier molecular flexibility index (Phi) is 4.66. The van der Waals surface area contributed by atoms with Crippen molar-refractivity contribution in [2.45, 2.75) is 12.8 Å². The Labute approximate surface area is 155 Å². The Bertz CT molecular complexity index is 929. The first-order valence-corrected chi connectivity index (χ1v) is 9.37. The number of carbonyl (C=O) groups excluding carboxylic acids is 1. The van der Waals surface area contributed by atoms with Crippen molar-refractivity contribution < 1.29 is 9.53 Å². The topological polar surface area (TPSA) is 80.2 Å². The van der Waals surface area contributed by atoms with Gasteiger partial charge in [-0.15, -0.1) is 11.3 Å². The molecule has 1 unspecified atom stereocenters. The minimum absolute atomic E-state index is 0.0395. The number of amides is 1. The van der Waals surface area contributed by atoms with Crippen LogP contribution in [-0.4, -0.2) is 41.1 Å². The fourth-order valence-corrected chi connectivity index (χ4v) is 4.01. The zero-order valence-corrected chi connectivity index (χ0v) is 15.2. The molecule has 26 heavy (non-hydrogen) atoms. The number of rotatable bonds is 4. The second-order valence-corrected chi connectivity index (χ2v) is 7.06. The molecular weight excluding hydrogens is 350 g/mol. The van der Waals surface area contributed by atoms with Crippen LogP contribution >= 0.6 is 11.3 Å². The predicted molar refractivity (Wildman–Crippen MR) is 102 cm³/mol. The minimum Gasteiger partial charge on any atom is -0.493 e. The van der Waals surface area contributed by atoms with Gasteiger partial charge in [-0.25, -0.2) is 15.0 Å². The number of piperidine rings is 1. The fraction of sp³-hybridized carbons (Fsp3) is 0.333. The molecule has 4 heterocycles. The van der Waals surface area contributed by atoms with E-state index in [-0.39, 0.29) is 11.8 Å². The van der Waals surface area contributed by atoms with Crippen molar-refractivity contribution in [2.24, 2.45) is 5.92 Å². The van der Waals surface area contributed by atoms with E-state index in [9.17, 15) is 4.79 Å². The summed E-state index contributed by atoms with van der Waals surface area (Å²) >= 11 is 1.60. The molecule has 1 atom stereocenters. The van der Waals surface area contributed by atoms with Gasteiger partial charge in [0.25, 0.3) is 0 Å². The van der Waals surface area contributed by atoms with Gasteiger partial charge in [-0.1, -0.05) is 0 Å². The molecule has 1 N–H and O–H groups in total. The smallest absolute Gasteiger partial charge is 0.230 e. The molecule has 0 radical (unpaired) electrons. The van der Waals surface area contributed by atoms with E-state index in [1.807, 2.05) is 11.4 Å². The van der Waals surface area contributed by atoms with Crippen molar-refractivity contribution in [1.82, 2.24) is 15.0 Å². The van der Waals surface area contributed by atoms with Gasteiger partial charge in [-0.3, -0.25) is 4.79 Å². The molecule has 7 nitrogen and oxygen atoms in total. The maximum atomic E-state index is 12.8. The molecule has 1 amide bonds. The maximum Gasteiger partial charge on any atom is 0.230 e. The summed E-state index contributed by atoms with van der Waals surface area (Å²) in [6.07, 6.45) is 5.01. The van der Waals surface area contributed by atoms with Crippen LogP contribution < -0.4 is 15.0 Å². The third-order valence-electron chi connectivity index (χ3n) is 4.56. The quantitative estimate of drug-likeness (QED) is 0.762. The van der Waals surface area contributed by atoms with Gasteiger partial charge < -0.3 is 15.0 Å². The lowest BCUT2D eigenvalue weighted by Crippen LogP contribution is -2.41. The molecule has 0 aliphatic carbocycles. The van der Waals surface area contributed by atoms with Crippen LogP contribution in [0.5, 0.6) is 5.75 Å². The average molecular weight is 369 g/mol. The first kappa shape index (κ1) is 16.7. The van der Waals surface area contributed by atoms with E-state index in [1.54, 1.807) is 43.1 Å².